The molecule has 0 heterocycles. The number of rotatable bonds is 7. The van der Waals surface area contributed by atoms with Gasteiger partial charge in [0.2, 0.25) is 0 Å². The molecular formula is C11H25NOS. The van der Waals surface area contributed by atoms with Crippen LogP contribution in [-0.2, 0) is 0 Å². The lowest BCUT2D eigenvalue weighted by Gasteiger charge is -2.28. The number of hydrogen-bond acceptors (Lipinski definition) is 3. The average molecular weight is 219 g/mol. The van der Waals surface area contributed by atoms with Crippen molar-refractivity contribution in [3.05, 3.63) is 0 Å². The van der Waals surface area contributed by atoms with Crippen LogP contribution >= 0.6 is 11.8 Å². The molecule has 0 fully saturated rings. The zero-order chi connectivity index (χ0) is 11.2. The van der Waals surface area contributed by atoms with E-state index < -0.39 is 5.60 Å². The van der Waals surface area contributed by atoms with Gasteiger partial charge in [0.05, 0.1) is 5.60 Å². The van der Waals surface area contributed by atoms with Crippen molar-refractivity contribution < 1.29 is 5.11 Å². The molecule has 0 aliphatic heterocycles. The van der Waals surface area contributed by atoms with E-state index in [1.807, 2.05) is 13.2 Å². The van der Waals surface area contributed by atoms with Gasteiger partial charge in [0.25, 0.3) is 0 Å². The molecule has 86 valence electrons. The van der Waals surface area contributed by atoms with Crippen molar-refractivity contribution in [1.82, 2.24) is 5.32 Å². The van der Waals surface area contributed by atoms with Gasteiger partial charge in [-0.2, -0.15) is 11.8 Å². The minimum atomic E-state index is -0.582. The first-order valence-corrected chi connectivity index (χ1v) is 6.77. The summed E-state index contributed by atoms with van der Waals surface area (Å²) >= 11 is 1.69. The first kappa shape index (κ1) is 14.3. The Hall–Kier alpha value is 0.270. The fraction of sp³-hybridized carbons (Fsp3) is 1.00. The van der Waals surface area contributed by atoms with E-state index in [0.717, 1.165) is 12.2 Å². The normalized spacial score (nSPS) is 18.2. The van der Waals surface area contributed by atoms with E-state index in [9.17, 15) is 5.11 Å². The van der Waals surface area contributed by atoms with Gasteiger partial charge in [-0.3, -0.25) is 0 Å². The predicted molar refractivity (Wildman–Crippen MR) is 65.9 cm³/mol. The molecule has 2 unspecified atom stereocenters. The molecule has 0 aromatic carbocycles. The highest BCUT2D eigenvalue weighted by molar-refractivity contribution is 7.98. The first-order valence-electron chi connectivity index (χ1n) is 5.37. The molecule has 2 nitrogen and oxygen atoms in total. The van der Waals surface area contributed by atoms with Crippen molar-refractivity contribution >= 4 is 11.8 Å². The van der Waals surface area contributed by atoms with Gasteiger partial charge in [-0.1, -0.05) is 20.8 Å². The lowest BCUT2D eigenvalue weighted by Crippen LogP contribution is -2.45. The highest BCUT2D eigenvalue weighted by atomic mass is 32.2. The Labute approximate surface area is 92.9 Å². The van der Waals surface area contributed by atoms with Crippen LogP contribution in [0, 0.1) is 5.92 Å². The Morgan fingerprint density at radius 2 is 2.00 bits per heavy atom. The van der Waals surface area contributed by atoms with Gasteiger partial charge < -0.3 is 10.4 Å². The highest BCUT2D eigenvalue weighted by Gasteiger charge is 2.21. The average Bonchev–Trinajstić information content (AvgIpc) is 2.04. The summed E-state index contributed by atoms with van der Waals surface area (Å²) < 4.78 is 0. The van der Waals surface area contributed by atoms with Crippen LogP contribution in [0.1, 0.15) is 34.1 Å². The van der Waals surface area contributed by atoms with E-state index in [1.165, 1.54) is 0 Å². The SMILES string of the molecule is CCC(NCC(C)(O)CSC)C(C)C. The molecule has 0 aliphatic carbocycles. The van der Waals surface area contributed by atoms with Crippen LogP contribution in [0.3, 0.4) is 0 Å². The molecule has 0 aromatic rings. The third-order valence-electron chi connectivity index (χ3n) is 2.44. The second-order valence-corrected chi connectivity index (χ2v) is 5.44. The fourth-order valence-electron chi connectivity index (χ4n) is 1.56. The van der Waals surface area contributed by atoms with Crippen molar-refractivity contribution in [2.24, 2.45) is 5.92 Å². The lowest BCUT2D eigenvalue weighted by molar-refractivity contribution is 0.0790. The van der Waals surface area contributed by atoms with Gasteiger partial charge in [0.15, 0.2) is 0 Å². The van der Waals surface area contributed by atoms with Crippen molar-refractivity contribution in [2.75, 3.05) is 18.6 Å². The zero-order valence-corrected chi connectivity index (χ0v) is 10.9. The summed E-state index contributed by atoms with van der Waals surface area (Å²) in [5, 5.41) is 13.4. The van der Waals surface area contributed by atoms with E-state index in [4.69, 9.17) is 0 Å². The molecule has 0 spiro atoms. The zero-order valence-electron chi connectivity index (χ0n) is 10.1. The molecule has 3 heteroatoms. The second kappa shape index (κ2) is 6.70. The molecule has 14 heavy (non-hydrogen) atoms. The number of thioether (sulfide) groups is 1. The quantitative estimate of drug-likeness (QED) is 0.688. The van der Waals surface area contributed by atoms with Crippen LogP contribution in [0.15, 0.2) is 0 Å². The Kier molecular flexibility index (Phi) is 6.83. The smallest absolute Gasteiger partial charge is 0.0833 e. The molecule has 2 atom stereocenters. The van der Waals surface area contributed by atoms with Crippen molar-refractivity contribution in [3.8, 4) is 0 Å². The van der Waals surface area contributed by atoms with Crippen LogP contribution in [0.2, 0.25) is 0 Å². The summed E-state index contributed by atoms with van der Waals surface area (Å²) in [6.07, 6.45) is 3.14. The van der Waals surface area contributed by atoms with Gasteiger partial charge in [0, 0.05) is 18.3 Å². The first-order chi connectivity index (χ1) is 6.43. The Morgan fingerprint density at radius 1 is 1.43 bits per heavy atom. The Balaban J connectivity index is 3.89. The third kappa shape index (κ3) is 5.89. The molecule has 0 amide bonds. The molecule has 0 rings (SSSR count). The van der Waals surface area contributed by atoms with Gasteiger partial charge in [-0.15, -0.1) is 0 Å². The van der Waals surface area contributed by atoms with Gasteiger partial charge in [-0.05, 0) is 25.5 Å². The largest absolute Gasteiger partial charge is 0.388 e. The molecule has 0 saturated carbocycles. The van der Waals surface area contributed by atoms with E-state index in [2.05, 4.69) is 26.1 Å². The summed E-state index contributed by atoms with van der Waals surface area (Å²) in [4.78, 5) is 0. The summed E-state index contributed by atoms with van der Waals surface area (Å²) in [6.45, 7) is 9.18. The highest BCUT2D eigenvalue weighted by Crippen LogP contribution is 2.11. The van der Waals surface area contributed by atoms with E-state index in [0.29, 0.717) is 18.5 Å². The minimum Gasteiger partial charge on any atom is -0.388 e. The summed E-state index contributed by atoms with van der Waals surface area (Å²) in [7, 11) is 0. The molecule has 0 aliphatic rings. The molecule has 0 radical (unpaired) electrons. The standard InChI is InChI=1S/C11H25NOS/c1-6-10(9(2)3)12-7-11(4,13)8-14-5/h9-10,12-13H,6-8H2,1-5H3. The maximum absolute atomic E-state index is 9.96. The summed E-state index contributed by atoms with van der Waals surface area (Å²) in [6, 6.07) is 0.517. The minimum absolute atomic E-state index is 0.517. The Bertz CT molecular complexity index is 148. The molecule has 0 aromatic heterocycles. The van der Waals surface area contributed by atoms with Crippen LogP contribution in [0.25, 0.3) is 0 Å². The number of nitrogens with one attached hydrogen (secondary N) is 1. The van der Waals surface area contributed by atoms with Gasteiger partial charge >= 0.3 is 0 Å². The maximum Gasteiger partial charge on any atom is 0.0833 e. The fourth-order valence-corrected chi connectivity index (χ4v) is 2.29. The molecule has 2 N–H and O–H groups in total. The van der Waals surface area contributed by atoms with Gasteiger partial charge in [0.1, 0.15) is 0 Å². The predicted octanol–water partition coefficient (Wildman–Crippen LogP) is 2.12. The van der Waals surface area contributed by atoms with E-state index in [-0.39, 0.29) is 0 Å². The van der Waals surface area contributed by atoms with E-state index >= 15 is 0 Å². The summed E-state index contributed by atoms with van der Waals surface area (Å²) in [5.74, 6) is 1.42. The van der Waals surface area contributed by atoms with Crippen LogP contribution in [0.5, 0.6) is 0 Å². The van der Waals surface area contributed by atoms with Crippen molar-refractivity contribution in [1.29, 1.82) is 0 Å². The lowest BCUT2D eigenvalue weighted by atomic mass is 10.0. The number of hydrogen-bond donors (Lipinski definition) is 2. The maximum atomic E-state index is 9.96. The molecular weight excluding hydrogens is 194 g/mol. The van der Waals surface area contributed by atoms with Crippen molar-refractivity contribution in [2.45, 2.75) is 45.8 Å². The van der Waals surface area contributed by atoms with E-state index in [1.54, 1.807) is 11.8 Å². The van der Waals surface area contributed by atoms with Crippen LogP contribution in [-0.4, -0.2) is 35.3 Å². The topological polar surface area (TPSA) is 32.3 Å². The van der Waals surface area contributed by atoms with Crippen LogP contribution < -0.4 is 5.32 Å². The summed E-state index contributed by atoms with van der Waals surface area (Å²) in [5.41, 5.74) is -0.582. The number of aliphatic hydroxyl groups is 1. The molecule has 0 saturated heterocycles. The van der Waals surface area contributed by atoms with Crippen molar-refractivity contribution in [3.63, 3.8) is 0 Å². The Morgan fingerprint density at radius 3 is 2.36 bits per heavy atom. The monoisotopic (exact) mass is 219 g/mol. The van der Waals surface area contributed by atoms with Crippen LogP contribution in [0.4, 0.5) is 0 Å². The third-order valence-corrected chi connectivity index (χ3v) is 3.36. The molecule has 0 bridgehead atoms. The second-order valence-electron chi connectivity index (χ2n) is 4.57. The van der Waals surface area contributed by atoms with Gasteiger partial charge in [-0.25, -0.2) is 0 Å².